The summed E-state index contributed by atoms with van der Waals surface area (Å²) in [6, 6.07) is 0. The third-order valence-electron chi connectivity index (χ3n) is 9.42. The predicted octanol–water partition coefficient (Wildman–Crippen LogP) is 1.71. The molecule has 3 N–H and O–H groups in total. The van der Waals surface area contributed by atoms with Crippen molar-refractivity contribution >= 4 is 17.1 Å². The van der Waals surface area contributed by atoms with Gasteiger partial charge in [0, 0.05) is 75.3 Å². The largest absolute Gasteiger partial charge is 0.537 e. The van der Waals surface area contributed by atoms with E-state index < -0.39 is 81.8 Å². The van der Waals surface area contributed by atoms with Crippen LogP contribution in [0, 0.1) is 66.7 Å². The van der Waals surface area contributed by atoms with Crippen LogP contribution in [0.5, 0.6) is 0 Å². The zero-order valence-corrected chi connectivity index (χ0v) is 27.1. The first-order valence-corrected chi connectivity index (χ1v) is 12.7. The molecule has 1 radical (unpaired) electrons. The first-order valence-electron chi connectivity index (χ1n) is 11.7. The van der Waals surface area contributed by atoms with Crippen LogP contribution in [0.4, 0.5) is 13.2 Å². The number of aliphatic hydroxyl groups is 3. The van der Waals surface area contributed by atoms with E-state index in [1.54, 1.807) is 27.7 Å². The predicted molar refractivity (Wildman–Crippen MR) is 118 cm³/mol. The molecule has 14 heteroatoms. The number of ketones is 1. The Morgan fingerprint density at radius 3 is 2.27 bits per heavy atom. The van der Waals surface area contributed by atoms with E-state index in [2.05, 4.69) is 4.18 Å². The number of carbonyl (C=O) groups is 1. The zero-order valence-electron chi connectivity index (χ0n) is 21.5. The van der Waals surface area contributed by atoms with Gasteiger partial charge in [0.05, 0.1) is 35.9 Å². The van der Waals surface area contributed by atoms with Gasteiger partial charge in [0.15, 0.2) is 5.78 Å². The minimum Gasteiger partial charge on any atom is -0.389 e. The van der Waals surface area contributed by atoms with E-state index in [-0.39, 0.29) is 63.5 Å². The topological polar surface area (TPSA) is 132 Å². The molecule has 1 aliphatic heterocycles. The van der Waals surface area contributed by atoms with Gasteiger partial charge in [0.25, 0.3) is 0 Å². The Morgan fingerprint density at radius 1 is 1.19 bits per heavy atom. The molecule has 0 spiro atoms. The second-order valence-electron chi connectivity index (χ2n) is 11.2. The third kappa shape index (κ3) is 4.57. The number of alkyl halides is 3. The number of fused-ring (bicyclic) bond motifs is 5. The Hall–Kier alpha value is 0.512. The van der Waals surface area contributed by atoms with E-state index in [0.29, 0.717) is 11.1 Å². The number of Topliss-reactive ketones (excluding diaryl/α,β-unsaturated/α-hetero) is 1. The summed E-state index contributed by atoms with van der Waals surface area (Å²) in [5.74, 6) is -2.64. The smallest absolute Gasteiger partial charge is 0.389 e. The zero-order chi connectivity index (χ0) is 27.2. The van der Waals surface area contributed by atoms with Crippen molar-refractivity contribution < 1.29 is 99.4 Å². The van der Waals surface area contributed by atoms with E-state index in [1.165, 1.54) is 14.0 Å². The Kier molecular flexibility index (Phi) is 8.75. The second-order valence-corrected chi connectivity index (χ2v) is 12.0. The number of hydrogen-bond donors (Lipinski definition) is 3. The molecule has 1 heterocycles. The van der Waals surface area contributed by atoms with Crippen molar-refractivity contribution in [3.05, 3.63) is 11.1 Å². The van der Waals surface area contributed by atoms with Crippen molar-refractivity contribution in [1.82, 2.24) is 0 Å². The first kappa shape index (κ1) is 32.0. The summed E-state index contributed by atoms with van der Waals surface area (Å²) in [6.07, 6.45) is -10.4. The van der Waals surface area contributed by atoms with Gasteiger partial charge in [0.1, 0.15) is 11.7 Å². The van der Waals surface area contributed by atoms with E-state index >= 15 is 0 Å². The van der Waals surface area contributed by atoms with Crippen LogP contribution in [0.1, 0.15) is 47.5 Å². The first-order chi connectivity index (χ1) is 16.4. The number of halogens is 3. The number of methoxy groups -OCH3 is 1. The van der Waals surface area contributed by atoms with Gasteiger partial charge in [-0.2, -0.15) is 8.39 Å². The molecule has 0 amide bonds. The molecule has 9 nitrogen and oxygen atoms in total. The molecule has 2 saturated carbocycles. The van der Waals surface area contributed by atoms with Crippen molar-refractivity contribution in [1.29, 1.82) is 0 Å². The summed E-state index contributed by atoms with van der Waals surface area (Å²) in [5.41, 5.74) is -5.39. The van der Waals surface area contributed by atoms with Gasteiger partial charge >= 0.3 is 17.7 Å². The number of rotatable bonds is 4. The van der Waals surface area contributed by atoms with Crippen molar-refractivity contribution in [2.24, 2.45) is 22.7 Å². The van der Waals surface area contributed by atoms with Crippen LogP contribution in [0.3, 0.4) is 0 Å². The fourth-order valence-electron chi connectivity index (χ4n) is 7.50. The Labute approximate surface area is 251 Å². The number of ether oxygens (including phenoxy) is 2. The van der Waals surface area contributed by atoms with Gasteiger partial charge in [-0.15, -0.1) is 13.2 Å². The number of aliphatic hydroxyl groups excluding tert-OH is 1. The van der Waals surface area contributed by atoms with Crippen LogP contribution in [0.15, 0.2) is 11.1 Å². The molecule has 4 rings (SSSR count). The van der Waals surface area contributed by atoms with Crippen molar-refractivity contribution in [2.75, 3.05) is 13.7 Å². The maximum absolute atomic E-state index is 14.4. The van der Waals surface area contributed by atoms with Gasteiger partial charge in [-0.3, -0.25) is 8.98 Å². The quantitative estimate of drug-likeness (QED) is 0.366. The monoisotopic (exact) mass is 769 g/mol. The number of hydrogen-bond acceptors (Lipinski definition) is 9. The van der Waals surface area contributed by atoms with Gasteiger partial charge < -0.3 is 24.8 Å². The molecule has 0 aromatic carbocycles. The molecule has 10 atom stereocenters. The van der Waals surface area contributed by atoms with Crippen LogP contribution in [0.2, 0.25) is 0 Å². The summed E-state index contributed by atoms with van der Waals surface area (Å²) in [5, 5.41) is 34.9. The van der Waals surface area contributed by atoms with E-state index in [0.717, 1.165) is 0 Å². The molecule has 209 valence electrons. The number of carbonyl (C=O) groups excluding carboxylic acids is 1. The third-order valence-corrected chi connectivity index (χ3v) is 10.1. The molecule has 4 aliphatic rings. The van der Waals surface area contributed by atoms with E-state index in [9.17, 15) is 37.5 Å². The minimum absolute atomic E-state index is 0. The fourth-order valence-corrected chi connectivity index (χ4v) is 8.16. The van der Waals surface area contributed by atoms with Crippen LogP contribution in [0.25, 0.3) is 0 Å². The standard InChI is InChI=1S/C23H33F3O9S.Ac/c1-10-12(27)8-22(30)11(2)17-20(5,18(28)16(32-6)15(10)19(22,3)4)13(7-14-21(17,29)9-33-14)34-36(31)35-23(24,25)26;/h11-14,16-17,27,29-30H,7-9H2,1-6H3;/t11-,12?,13?,14?,16?,17?,20+,21-,22?,36?;/m0./s1. The summed E-state index contributed by atoms with van der Waals surface area (Å²) in [7, 11) is 1.27. The van der Waals surface area contributed by atoms with Crippen LogP contribution >= 0.6 is 0 Å². The van der Waals surface area contributed by atoms with Crippen LogP contribution in [-0.4, -0.2) is 81.0 Å². The average Bonchev–Trinajstić information content (AvgIpc) is 2.74. The molecular formula is C23H33AcF3O9S. The molecule has 7 unspecified atom stereocenters. The van der Waals surface area contributed by atoms with Crippen molar-refractivity contribution in [2.45, 2.75) is 89.4 Å². The Morgan fingerprint density at radius 2 is 1.78 bits per heavy atom. The second kappa shape index (κ2) is 10.1. The van der Waals surface area contributed by atoms with Gasteiger partial charge in [-0.05, 0) is 30.9 Å². The van der Waals surface area contributed by atoms with Gasteiger partial charge in [0.2, 0.25) is 0 Å². The molecule has 3 aliphatic carbocycles. The molecule has 0 aromatic rings. The SMILES string of the molecule is COC1C(=O)[C@]2(C)C(OS(=O)OC(F)(F)F)CC3OC[C@@]3(O)C2[C@H](C)C2(O)CC(O)C(C)=C1C2(C)C.[Ac]. The molecule has 2 bridgehead atoms. The Bertz CT molecular complexity index is 1010. The summed E-state index contributed by atoms with van der Waals surface area (Å²) in [6.45, 7) is 7.99. The minimum atomic E-state index is -5.25. The van der Waals surface area contributed by atoms with Crippen molar-refractivity contribution in [3.63, 3.8) is 0 Å². The normalized spacial score (nSPS) is 46.0. The van der Waals surface area contributed by atoms with Crippen molar-refractivity contribution in [3.8, 4) is 0 Å². The summed E-state index contributed by atoms with van der Waals surface area (Å²) in [4.78, 5) is 14.4. The Balaban J connectivity index is 0.00000380. The molecular weight excluding hydrogens is 736 g/mol. The fraction of sp³-hybridized carbons (Fsp3) is 0.870. The average molecular weight is 770 g/mol. The molecule has 37 heavy (non-hydrogen) atoms. The molecule has 0 aromatic heterocycles. The maximum Gasteiger partial charge on any atom is 0.537 e. The van der Waals surface area contributed by atoms with E-state index in [4.69, 9.17) is 13.7 Å². The van der Waals surface area contributed by atoms with Gasteiger partial charge in [-0.1, -0.05) is 20.8 Å². The van der Waals surface area contributed by atoms with Crippen LogP contribution in [-0.2, 0) is 34.0 Å². The van der Waals surface area contributed by atoms with Crippen LogP contribution < -0.4 is 0 Å². The molecule has 1 saturated heterocycles. The van der Waals surface area contributed by atoms with E-state index in [1.807, 2.05) is 0 Å². The van der Waals surface area contributed by atoms with Gasteiger partial charge in [-0.25, -0.2) is 0 Å². The molecule has 3 fully saturated rings. The maximum atomic E-state index is 14.4. The summed E-state index contributed by atoms with van der Waals surface area (Å²) < 4.78 is 70.3. The summed E-state index contributed by atoms with van der Waals surface area (Å²) >= 11 is -3.31.